The third-order valence-corrected chi connectivity index (χ3v) is 4.57. The Morgan fingerprint density at radius 3 is 1.97 bits per heavy atom. The van der Waals surface area contributed by atoms with Crippen LogP contribution in [-0.2, 0) is 29.0 Å². The molecule has 0 saturated carbocycles. The van der Waals surface area contributed by atoms with Gasteiger partial charge in [0.05, 0.1) is 36.7 Å². The van der Waals surface area contributed by atoms with E-state index in [0.29, 0.717) is 36.3 Å². The number of hydrogen-bond donors (Lipinski definition) is 4. The van der Waals surface area contributed by atoms with Crippen LogP contribution in [0.5, 0.6) is 0 Å². The number of aliphatic imine (C=N–C) groups is 2. The summed E-state index contributed by atoms with van der Waals surface area (Å²) in [6.07, 6.45) is 2.01. The summed E-state index contributed by atoms with van der Waals surface area (Å²) in [5.74, 6) is 1.51. The molecule has 0 aromatic carbocycles. The Bertz CT molecular complexity index is 535. The standard InChI is InChI=1S/C16H30N4O10S3/c21-3-1-5-25-15(23)19-11-31-10-18-8-29-30-14-33-13-26-16(24)20-12-32-9-17-7-28-27-6-2-4-22/h7-8,21-22H,1-6,9-14H2,(H,19,23)(H,20,24)/b17-7?,18-8+. The number of ether oxygens (including phenoxy) is 2. The molecule has 0 heterocycles. The monoisotopic (exact) mass is 534 g/mol. The summed E-state index contributed by atoms with van der Waals surface area (Å²) in [5.41, 5.74) is 0. The van der Waals surface area contributed by atoms with Gasteiger partial charge in [-0.05, 0) is 6.42 Å². The maximum absolute atomic E-state index is 11.4. The Morgan fingerprint density at radius 2 is 1.33 bits per heavy atom. The van der Waals surface area contributed by atoms with Crippen LogP contribution in [-0.4, -0.2) is 97.0 Å². The molecule has 0 unspecified atom stereocenters. The first-order valence-electron chi connectivity index (χ1n) is 9.50. The van der Waals surface area contributed by atoms with Crippen LogP contribution in [0, 0.1) is 0 Å². The van der Waals surface area contributed by atoms with Crippen LogP contribution in [0.3, 0.4) is 0 Å². The van der Waals surface area contributed by atoms with Gasteiger partial charge in [0.1, 0.15) is 11.9 Å². The smallest absolute Gasteiger partial charge is 0.408 e. The van der Waals surface area contributed by atoms with Gasteiger partial charge in [0, 0.05) is 19.6 Å². The van der Waals surface area contributed by atoms with E-state index >= 15 is 0 Å². The number of thioether (sulfide) groups is 3. The Kier molecular flexibility index (Phi) is 25.3. The summed E-state index contributed by atoms with van der Waals surface area (Å²) in [4.78, 5) is 49.2. The van der Waals surface area contributed by atoms with E-state index in [1.54, 1.807) is 0 Å². The first-order chi connectivity index (χ1) is 16.2. The fourth-order valence-corrected chi connectivity index (χ4v) is 2.63. The number of rotatable bonds is 22. The average Bonchev–Trinajstić information content (AvgIpc) is 2.81. The van der Waals surface area contributed by atoms with Crippen LogP contribution in [0.1, 0.15) is 12.8 Å². The Hall–Kier alpha value is -1.63. The molecule has 0 atom stereocenters. The number of aliphatic hydroxyl groups is 2. The highest BCUT2D eigenvalue weighted by Crippen LogP contribution is 2.02. The van der Waals surface area contributed by atoms with Gasteiger partial charge in [0.2, 0.25) is 12.8 Å². The molecule has 2 amide bonds. The SMILES string of the molecule is O=C(NCSC/N=C/OOCSCOC(=O)NCSCN=COOCCCO)OCCCO. The van der Waals surface area contributed by atoms with Gasteiger partial charge in [-0.2, -0.15) is 9.78 Å². The maximum Gasteiger partial charge on any atom is 0.408 e. The summed E-state index contributed by atoms with van der Waals surface area (Å²) in [6, 6.07) is 0. The van der Waals surface area contributed by atoms with Crippen LogP contribution in [0.2, 0.25) is 0 Å². The van der Waals surface area contributed by atoms with Crippen molar-refractivity contribution in [2.75, 3.05) is 61.8 Å². The number of aliphatic hydroxyl groups excluding tert-OH is 2. The van der Waals surface area contributed by atoms with E-state index in [9.17, 15) is 9.59 Å². The summed E-state index contributed by atoms with van der Waals surface area (Å²) in [7, 11) is 0. The summed E-state index contributed by atoms with van der Waals surface area (Å²) in [5, 5.41) is 22.1. The van der Waals surface area contributed by atoms with Crippen LogP contribution in [0.4, 0.5) is 9.59 Å². The molecule has 0 fully saturated rings. The van der Waals surface area contributed by atoms with Crippen molar-refractivity contribution in [2.24, 2.45) is 9.98 Å². The number of carbonyl (C=O) groups is 2. The van der Waals surface area contributed by atoms with Gasteiger partial charge in [-0.25, -0.2) is 19.6 Å². The number of amides is 2. The zero-order valence-electron chi connectivity index (χ0n) is 17.9. The van der Waals surface area contributed by atoms with Crippen molar-refractivity contribution in [1.82, 2.24) is 10.6 Å². The minimum Gasteiger partial charge on any atom is -0.449 e. The van der Waals surface area contributed by atoms with Gasteiger partial charge in [-0.15, -0.1) is 23.5 Å². The molecular formula is C16H30N4O10S3. The van der Waals surface area contributed by atoms with E-state index in [4.69, 9.17) is 29.5 Å². The topological polar surface area (TPSA) is 179 Å². The third-order valence-electron chi connectivity index (χ3n) is 2.67. The molecule has 14 nitrogen and oxygen atoms in total. The molecule has 0 aliphatic carbocycles. The third kappa shape index (κ3) is 26.5. The molecule has 0 bridgehead atoms. The summed E-state index contributed by atoms with van der Waals surface area (Å²) >= 11 is 3.82. The predicted molar refractivity (Wildman–Crippen MR) is 126 cm³/mol. The highest BCUT2D eigenvalue weighted by Gasteiger charge is 2.01. The lowest BCUT2D eigenvalue weighted by Crippen LogP contribution is -2.24. The fourth-order valence-electron chi connectivity index (χ4n) is 1.29. The molecule has 0 rings (SSSR count). The normalized spacial score (nSPS) is 11.0. The van der Waals surface area contributed by atoms with E-state index in [2.05, 4.69) is 30.4 Å². The van der Waals surface area contributed by atoms with Gasteiger partial charge in [-0.1, -0.05) is 11.8 Å². The van der Waals surface area contributed by atoms with Crippen molar-refractivity contribution in [1.29, 1.82) is 0 Å². The highest BCUT2D eigenvalue weighted by atomic mass is 32.2. The van der Waals surface area contributed by atoms with Crippen molar-refractivity contribution in [3.63, 3.8) is 0 Å². The van der Waals surface area contributed by atoms with Crippen LogP contribution in [0.25, 0.3) is 0 Å². The van der Waals surface area contributed by atoms with E-state index < -0.39 is 12.2 Å². The summed E-state index contributed by atoms with van der Waals surface area (Å²) < 4.78 is 9.69. The minimum absolute atomic E-state index is 0.0291. The zero-order chi connectivity index (χ0) is 24.2. The van der Waals surface area contributed by atoms with Crippen LogP contribution >= 0.6 is 35.3 Å². The number of carbonyl (C=O) groups excluding carboxylic acids is 2. The lowest BCUT2D eigenvalue weighted by atomic mass is 10.5. The van der Waals surface area contributed by atoms with E-state index in [1.807, 2.05) is 0 Å². The maximum atomic E-state index is 11.4. The van der Waals surface area contributed by atoms with Gasteiger partial charge in [0.25, 0.3) is 0 Å². The predicted octanol–water partition coefficient (Wildman–Crippen LogP) is 1.10. The molecule has 0 aromatic rings. The molecule has 33 heavy (non-hydrogen) atoms. The molecule has 0 aliphatic heterocycles. The van der Waals surface area contributed by atoms with Crippen molar-refractivity contribution >= 4 is 60.3 Å². The lowest BCUT2D eigenvalue weighted by molar-refractivity contribution is -0.217. The average molecular weight is 535 g/mol. The van der Waals surface area contributed by atoms with Crippen molar-refractivity contribution in [3.05, 3.63) is 0 Å². The number of nitrogens with one attached hydrogen (secondary N) is 2. The van der Waals surface area contributed by atoms with Crippen molar-refractivity contribution in [3.8, 4) is 0 Å². The molecule has 0 aromatic heterocycles. The van der Waals surface area contributed by atoms with E-state index in [-0.39, 0.29) is 38.3 Å². The molecule has 4 N–H and O–H groups in total. The van der Waals surface area contributed by atoms with Crippen molar-refractivity contribution < 1.29 is 48.8 Å². The Morgan fingerprint density at radius 1 is 0.758 bits per heavy atom. The molecule has 17 heteroatoms. The van der Waals surface area contributed by atoms with Crippen molar-refractivity contribution in [2.45, 2.75) is 12.8 Å². The van der Waals surface area contributed by atoms with E-state index in [1.165, 1.54) is 35.3 Å². The van der Waals surface area contributed by atoms with Gasteiger partial charge in [0.15, 0.2) is 0 Å². The molecule has 192 valence electrons. The second kappa shape index (κ2) is 26.6. The number of hydrogen-bond acceptors (Lipinski definition) is 15. The van der Waals surface area contributed by atoms with Gasteiger partial charge >= 0.3 is 12.2 Å². The largest absolute Gasteiger partial charge is 0.449 e. The first kappa shape index (κ1) is 31.4. The number of nitrogens with zero attached hydrogens (tertiary/aromatic N) is 2. The van der Waals surface area contributed by atoms with Gasteiger partial charge < -0.3 is 40.1 Å². The molecular weight excluding hydrogens is 504 g/mol. The Labute approximate surface area is 204 Å². The lowest BCUT2D eigenvalue weighted by Gasteiger charge is -2.06. The highest BCUT2D eigenvalue weighted by molar-refractivity contribution is 7.99. The number of alkyl carbamates (subject to hydrolysis) is 2. The molecule has 0 radical (unpaired) electrons. The zero-order valence-corrected chi connectivity index (χ0v) is 20.4. The van der Waals surface area contributed by atoms with Gasteiger partial charge in [-0.3, -0.25) is 0 Å². The Balaban J connectivity index is 3.33. The quantitative estimate of drug-likeness (QED) is 0.0388. The second-order valence-electron chi connectivity index (χ2n) is 5.18. The second-order valence-corrected chi connectivity index (χ2v) is 7.97. The summed E-state index contributed by atoms with van der Waals surface area (Å²) in [6.45, 7) is 0.441. The van der Waals surface area contributed by atoms with Crippen LogP contribution in [0.15, 0.2) is 9.98 Å². The fraction of sp³-hybridized carbons (Fsp3) is 0.750. The molecule has 0 spiro atoms. The molecule has 0 saturated heterocycles. The minimum atomic E-state index is -0.576. The molecule has 0 aliphatic rings. The van der Waals surface area contributed by atoms with Crippen LogP contribution < -0.4 is 10.6 Å². The van der Waals surface area contributed by atoms with E-state index in [0.717, 1.165) is 12.8 Å². The first-order valence-corrected chi connectivity index (χ1v) is 13.0.